The molecule has 0 aliphatic rings. The number of methoxy groups -OCH3 is 1. The number of ether oxygens (including phenoxy) is 3. The van der Waals surface area contributed by atoms with Crippen LogP contribution in [-0.4, -0.2) is 13.1 Å². The van der Waals surface area contributed by atoms with Gasteiger partial charge in [0.15, 0.2) is 0 Å². The van der Waals surface area contributed by atoms with Crippen LogP contribution >= 0.6 is 0 Å². The van der Waals surface area contributed by atoms with Crippen molar-refractivity contribution in [2.45, 2.75) is 20.8 Å². The predicted octanol–water partition coefficient (Wildman–Crippen LogP) is 4.55. The second-order valence-corrected chi connectivity index (χ2v) is 7.01. The number of fused-ring (bicyclic) bond motifs is 1. The molecule has 0 spiro atoms. The Morgan fingerprint density at radius 2 is 1.74 bits per heavy atom. The van der Waals surface area contributed by atoms with Gasteiger partial charge in [0.1, 0.15) is 29.1 Å². The molecule has 0 radical (unpaired) electrons. The Labute approximate surface area is 156 Å². The van der Waals surface area contributed by atoms with Gasteiger partial charge in [-0.25, -0.2) is 0 Å². The molecule has 2 aromatic carbocycles. The number of carbonyl (C=O) groups excluding carboxylic acids is 1. The van der Waals surface area contributed by atoms with E-state index in [9.17, 15) is 9.59 Å². The van der Waals surface area contributed by atoms with Crippen molar-refractivity contribution in [3.8, 4) is 23.0 Å². The molecule has 0 atom stereocenters. The zero-order valence-electron chi connectivity index (χ0n) is 15.6. The van der Waals surface area contributed by atoms with E-state index in [4.69, 9.17) is 18.6 Å². The number of rotatable bonds is 4. The van der Waals surface area contributed by atoms with Gasteiger partial charge in [-0.3, -0.25) is 9.59 Å². The minimum atomic E-state index is -0.635. The standard InChI is InChI=1S/C21H20O6/c1-21(2,3)20(23)27-15-8-9-16-17(11-15)25-12-18(19(16)22)26-14-7-5-6-13(10-14)24-4/h5-12H,1-4H3. The molecule has 6 heteroatoms. The quantitative estimate of drug-likeness (QED) is 0.497. The Hall–Kier alpha value is -3.28. The minimum absolute atomic E-state index is 0.0511. The van der Waals surface area contributed by atoms with Crippen LogP contribution in [0.25, 0.3) is 11.0 Å². The topological polar surface area (TPSA) is 75.0 Å². The van der Waals surface area contributed by atoms with Crippen molar-refractivity contribution in [2.75, 3.05) is 7.11 Å². The summed E-state index contributed by atoms with van der Waals surface area (Å²) in [5.74, 6) is 1.06. The largest absolute Gasteiger partial charge is 0.497 e. The molecule has 140 valence electrons. The van der Waals surface area contributed by atoms with Gasteiger partial charge in [-0.15, -0.1) is 0 Å². The van der Waals surface area contributed by atoms with Crippen LogP contribution in [0.4, 0.5) is 0 Å². The molecule has 0 aliphatic heterocycles. The Bertz CT molecular complexity index is 1040. The van der Waals surface area contributed by atoms with Gasteiger partial charge in [0.2, 0.25) is 11.2 Å². The summed E-state index contributed by atoms with van der Waals surface area (Å²) in [6.07, 6.45) is 1.24. The van der Waals surface area contributed by atoms with Gasteiger partial charge in [0, 0.05) is 12.1 Å². The van der Waals surface area contributed by atoms with Crippen LogP contribution in [-0.2, 0) is 4.79 Å². The van der Waals surface area contributed by atoms with Crippen molar-refractivity contribution in [2.24, 2.45) is 5.41 Å². The molecule has 3 aromatic rings. The van der Waals surface area contributed by atoms with Crippen molar-refractivity contribution in [1.29, 1.82) is 0 Å². The van der Waals surface area contributed by atoms with E-state index in [1.807, 2.05) is 0 Å². The fourth-order valence-electron chi connectivity index (χ4n) is 2.28. The Kier molecular flexibility index (Phi) is 4.90. The summed E-state index contributed by atoms with van der Waals surface area (Å²) in [5, 5.41) is 0.325. The Morgan fingerprint density at radius 1 is 1.00 bits per heavy atom. The van der Waals surface area contributed by atoms with Crippen LogP contribution in [0.3, 0.4) is 0 Å². The summed E-state index contributed by atoms with van der Waals surface area (Å²) >= 11 is 0. The van der Waals surface area contributed by atoms with Crippen LogP contribution in [0.2, 0.25) is 0 Å². The molecule has 0 saturated heterocycles. The molecule has 0 fully saturated rings. The molecular weight excluding hydrogens is 348 g/mol. The fourth-order valence-corrected chi connectivity index (χ4v) is 2.28. The zero-order chi connectivity index (χ0) is 19.6. The number of esters is 1. The van der Waals surface area contributed by atoms with E-state index in [0.717, 1.165) is 0 Å². The maximum absolute atomic E-state index is 12.7. The fraction of sp³-hybridized carbons (Fsp3) is 0.238. The van der Waals surface area contributed by atoms with Crippen LogP contribution in [0.1, 0.15) is 20.8 Å². The van der Waals surface area contributed by atoms with E-state index >= 15 is 0 Å². The number of hydrogen-bond donors (Lipinski definition) is 0. The van der Waals surface area contributed by atoms with Gasteiger partial charge in [-0.1, -0.05) is 6.07 Å². The molecule has 1 aromatic heterocycles. The third kappa shape index (κ3) is 4.11. The summed E-state index contributed by atoms with van der Waals surface area (Å²) in [6.45, 7) is 5.29. The van der Waals surface area contributed by atoms with Gasteiger partial charge >= 0.3 is 5.97 Å². The zero-order valence-corrected chi connectivity index (χ0v) is 15.6. The highest BCUT2D eigenvalue weighted by atomic mass is 16.5. The summed E-state index contributed by atoms with van der Waals surface area (Å²) in [6, 6.07) is 11.5. The SMILES string of the molecule is COc1cccc(Oc2coc3cc(OC(=O)C(C)(C)C)ccc3c2=O)c1. The minimum Gasteiger partial charge on any atom is -0.497 e. The van der Waals surface area contributed by atoms with E-state index in [-0.39, 0.29) is 17.1 Å². The Morgan fingerprint density at radius 3 is 2.44 bits per heavy atom. The van der Waals surface area contributed by atoms with Crippen LogP contribution in [0.5, 0.6) is 23.0 Å². The third-order valence-electron chi connectivity index (χ3n) is 3.81. The van der Waals surface area contributed by atoms with E-state index in [1.54, 1.807) is 64.3 Å². The monoisotopic (exact) mass is 368 g/mol. The van der Waals surface area contributed by atoms with Crippen molar-refractivity contribution in [1.82, 2.24) is 0 Å². The maximum atomic E-state index is 12.7. The smallest absolute Gasteiger partial charge is 0.316 e. The maximum Gasteiger partial charge on any atom is 0.316 e. The summed E-state index contributed by atoms with van der Waals surface area (Å²) in [7, 11) is 1.55. The molecule has 0 unspecified atom stereocenters. The highest BCUT2D eigenvalue weighted by Gasteiger charge is 2.24. The first-order chi connectivity index (χ1) is 12.8. The van der Waals surface area contributed by atoms with E-state index < -0.39 is 5.41 Å². The lowest BCUT2D eigenvalue weighted by atomic mass is 9.97. The molecule has 0 bridgehead atoms. The van der Waals surface area contributed by atoms with Crippen molar-refractivity contribution < 1.29 is 23.4 Å². The molecule has 27 heavy (non-hydrogen) atoms. The first kappa shape index (κ1) is 18.5. The van der Waals surface area contributed by atoms with Gasteiger partial charge in [0.25, 0.3) is 0 Å². The van der Waals surface area contributed by atoms with Gasteiger partial charge < -0.3 is 18.6 Å². The van der Waals surface area contributed by atoms with Gasteiger partial charge in [0.05, 0.1) is 17.9 Å². The Balaban J connectivity index is 1.90. The van der Waals surface area contributed by atoms with Gasteiger partial charge in [-0.2, -0.15) is 0 Å². The van der Waals surface area contributed by atoms with Crippen molar-refractivity contribution in [3.05, 3.63) is 59.0 Å². The second-order valence-electron chi connectivity index (χ2n) is 7.01. The number of hydrogen-bond acceptors (Lipinski definition) is 6. The summed E-state index contributed by atoms with van der Waals surface area (Å²) < 4.78 is 21.6. The number of benzene rings is 2. The van der Waals surface area contributed by atoms with Gasteiger partial charge in [-0.05, 0) is 45.0 Å². The molecule has 0 amide bonds. The average molecular weight is 368 g/mol. The summed E-state index contributed by atoms with van der Waals surface area (Å²) in [4.78, 5) is 24.7. The molecule has 0 saturated carbocycles. The van der Waals surface area contributed by atoms with Crippen LogP contribution < -0.4 is 19.6 Å². The number of carbonyl (C=O) groups is 1. The van der Waals surface area contributed by atoms with Crippen LogP contribution in [0, 0.1) is 5.41 Å². The lowest BCUT2D eigenvalue weighted by molar-refractivity contribution is -0.142. The van der Waals surface area contributed by atoms with E-state index in [2.05, 4.69) is 0 Å². The first-order valence-electron chi connectivity index (χ1n) is 8.38. The molecule has 3 rings (SSSR count). The molecule has 6 nitrogen and oxygen atoms in total. The van der Waals surface area contributed by atoms with E-state index in [1.165, 1.54) is 12.3 Å². The lowest BCUT2D eigenvalue weighted by Crippen LogP contribution is -2.25. The average Bonchev–Trinajstić information content (AvgIpc) is 2.63. The highest BCUT2D eigenvalue weighted by molar-refractivity contribution is 5.82. The van der Waals surface area contributed by atoms with Crippen LogP contribution in [0.15, 0.2) is 57.9 Å². The summed E-state index contributed by atoms with van der Waals surface area (Å²) in [5.41, 5.74) is -0.658. The second kappa shape index (κ2) is 7.15. The predicted molar refractivity (Wildman–Crippen MR) is 101 cm³/mol. The normalized spacial score (nSPS) is 11.3. The van der Waals surface area contributed by atoms with Crippen molar-refractivity contribution >= 4 is 16.9 Å². The molecule has 1 heterocycles. The molecule has 0 N–H and O–H groups in total. The first-order valence-corrected chi connectivity index (χ1v) is 8.38. The third-order valence-corrected chi connectivity index (χ3v) is 3.81. The molecular formula is C21H20O6. The highest BCUT2D eigenvalue weighted by Crippen LogP contribution is 2.27. The van der Waals surface area contributed by atoms with Crippen molar-refractivity contribution in [3.63, 3.8) is 0 Å². The molecule has 0 aliphatic carbocycles. The lowest BCUT2D eigenvalue weighted by Gasteiger charge is -2.16. The van der Waals surface area contributed by atoms with E-state index in [0.29, 0.717) is 28.2 Å².